The van der Waals surface area contributed by atoms with E-state index >= 15 is 0 Å². The largest absolute Gasteiger partial charge is 0.450 e. The van der Waals surface area contributed by atoms with Crippen LogP contribution in [0.15, 0.2) is 48.5 Å². The zero-order valence-corrected chi connectivity index (χ0v) is 10.8. The monoisotopic (exact) mass is 274 g/mol. The number of aryl methyl sites for hydroxylation is 1. The second-order valence-corrected chi connectivity index (χ2v) is 4.84. The highest BCUT2D eigenvalue weighted by Gasteiger charge is 2.52. The van der Waals surface area contributed by atoms with Crippen molar-refractivity contribution in [2.24, 2.45) is 0 Å². The third-order valence-electron chi connectivity index (χ3n) is 3.38. The van der Waals surface area contributed by atoms with Crippen LogP contribution in [0.3, 0.4) is 0 Å². The third kappa shape index (κ3) is 1.80. The van der Waals surface area contributed by atoms with Crippen LogP contribution in [0.25, 0.3) is 0 Å². The predicted octanol–water partition coefficient (Wildman–Crippen LogP) is 3.73. The zero-order chi connectivity index (χ0) is 14.3. The van der Waals surface area contributed by atoms with Crippen LogP contribution in [-0.4, -0.2) is 12.0 Å². The lowest BCUT2D eigenvalue weighted by Gasteiger charge is -2.34. The molecule has 0 fully saturated rings. The maximum atomic E-state index is 14.9. The topological polar surface area (TPSA) is 26.3 Å². The molecule has 0 amide bonds. The Labute approximate surface area is 115 Å². The Bertz CT molecular complexity index is 669. The average Bonchev–Trinajstić information content (AvgIpc) is 2.47. The van der Waals surface area contributed by atoms with Crippen LogP contribution in [0, 0.1) is 6.92 Å². The number of fused-ring (bicyclic) bond motifs is 1. The Morgan fingerprint density at radius 3 is 2.55 bits per heavy atom. The molecule has 0 saturated heterocycles. The molecule has 102 valence electrons. The molecule has 0 aromatic heterocycles. The molecule has 4 heteroatoms. The van der Waals surface area contributed by atoms with Gasteiger partial charge in [-0.25, -0.2) is 4.39 Å². The molecule has 2 aromatic carbocycles. The van der Waals surface area contributed by atoms with Crippen molar-refractivity contribution in [3.63, 3.8) is 0 Å². The number of halogens is 2. The lowest BCUT2D eigenvalue weighted by Crippen LogP contribution is -2.46. The van der Waals surface area contributed by atoms with E-state index in [2.05, 4.69) is 0 Å². The van der Waals surface area contributed by atoms with Gasteiger partial charge in [0, 0.05) is 5.56 Å². The second kappa shape index (κ2) is 4.40. The van der Waals surface area contributed by atoms with Crippen molar-refractivity contribution >= 4 is 5.78 Å². The number of carbonyl (C=O) groups is 1. The molecule has 2 aromatic rings. The number of ether oxygens (including phenoxy) is 1. The van der Waals surface area contributed by atoms with Crippen LogP contribution in [0.5, 0.6) is 5.75 Å². The standard InChI is InChI=1S/C16H12F2O2/c1-10-7-8-13-12(9-10)14(19)15(17)16(18,20-13)11-5-3-2-4-6-11/h2-9,15H,1H3/t15-,16+/m0/s1. The molecule has 0 aliphatic carbocycles. The predicted molar refractivity (Wildman–Crippen MR) is 70.3 cm³/mol. The summed E-state index contributed by atoms with van der Waals surface area (Å²) in [4.78, 5) is 12.1. The number of benzene rings is 2. The fraction of sp³-hybridized carbons (Fsp3) is 0.188. The summed E-state index contributed by atoms with van der Waals surface area (Å²) in [5.74, 6) is -3.59. The Morgan fingerprint density at radius 2 is 1.85 bits per heavy atom. The highest BCUT2D eigenvalue weighted by molar-refractivity contribution is 6.03. The van der Waals surface area contributed by atoms with E-state index in [4.69, 9.17) is 4.74 Å². The van der Waals surface area contributed by atoms with E-state index in [1.54, 1.807) is 31.2 Å². The Morgan fingerprint density at radius 1 is 1.15 bits per heavy atom. The van der Waals surface area contributed by atoms with Gasteiger partial charge in [0.2, 0.25) is 12.0 Å². The zero-order valence-electron chi connectivity index (χ0n) is 10.8. The van der Waals surface area contributed by atoms with E-state index in [1.807, 2.05) is 0 Å². The normalized spacial score (nSPS) is 24.9. The number of hydrogen-bond donors (Lipinski definition) is 0. The summed E-state index contributed by atoms with van der Waals surface area (Å²) in [5.41, 5.74) is 0.868. The van der Waals surface area contributed by atoms with Gasteiger partial charge in [0.1, 0.15) is 5.75 Å². The first-order valence-electron chi connectivity index (χ1n) is 6.25. The van der Waals surface area contributed by atoms with Gasteiger partial charge in [-0.05, 0) is 19.1 Å². The van der Waals surface area contributed by atoms with E-state index in [0.717, 1.165) is 5.56 Å². The van der Waals surface area contributed by atoms with Crippen molar-refractivity contribution in [1.29, 1.82) is 0 Å². The highest BCUT2D eigenvalue weighted by atomic mass is 19.2. The molecule has 0 unspecified atom stereocenters. The summed E-state index contributed by atoms with van der Waals surface area (Å²) in [6.45, 7) is 1.77. The smallest absolute Gasteiger partial charge is 0.312 e. The summed E-state index contributed by atoms with van der Waals surface area (Å²) in [6.07, 6.45) is -2.38. The van der Waals surface area contributed by atoms with E-state index in [1.165, 1.54) is 24.3 Å². The van der Waals surface area contributed by atoms with Crippen molar-refractivity contribution in [1.82, 2.24) is 0 Å². The van der Waals surface area contributed by atoms with Crippen LogP contribution in [0.4, 0.5) is 8.78 Å². The lowest BCUT2D eigenvalue weighted by molar-refractivity contribution is -0.120. The van der Waals surface area contributed by atoms with E-state index in [-0.39, 0.29) is 16.9 Å². The van der Waals surface area contributed by atoms with E-state index in [9.17, 15) is 13.6 Å². The van der Waals surface area contributed by atoms with Crippen LogP contribution in [0.2, 0.25) is 0 Å². The molecule has 0 bridgehead atoms. The molecule has 20 heavy (non-hydrogen) atoms. The van der Waals surface area contributed by atoms with Crippen molar-refractivity contribution < 1.29 is 18.3 Å². The van der Waals surface area contributed by atoms with Crippen LogP contribution >= 0.6 is 0 Å². The fourth-order valence-electron chi connectivity index (χ4n) is 2.31. The SMILES string of the molecule is Cc1ccc2c(c1)C(=O)[C@H](F)[C@@](F)(c1ccccc1)O2. The minimum Gasteiger partial charge on any atom is -0.450 e. The minimum atomic E-state index is -2.78. The van der Waals surface area contributed by atoms with Gasteiger partial charge in [-0.1, -0.05) is 42.0 Å². The third-order valence-corrected chi connectivity index (χ3v) is 3.38. The molecule has 2 atom stereocenters. The quantitative estimate of drug-likeness (QED) is 0.792. The molecule has 2 nitrogen and oxygen atoms in total. The van der Waals surface area contributed by atoms with Crippen molar-refractivity contribution in [3.05, 3.63) is 65.2 Å². The van der Waals surface area contributed by atoms with E-state index < -0.39 is 17.8 Å². The van der Waals surface area contributed by atoms with Gasteiger partial charge >= 0.3 is 5.85 Å². The average molecular weight is 274 g/mol. The lowest BCUT2D eigenvalue weighted by atomic mass is 9.92. The van der Waals surface area contributed by atoms with Crippen molar-refractivity contribution in [3.8, 4) is 5.75 Å². The molecule has 0 radical (unpaired) electrons. The van der Waals surface area contributed by atoms with Gasteiger partial charge in [-0.15, -0.1) is 0 Å². The molecule has 0 spiro atoms. The molecule has 0 saturated carbocycles. The first kappa shape index (κ1) is 12.8. The summed E-state index contributed by atoms with van der Waals surface area (Å²) in [7, 11) is 0. The minimum absolute atomic E-state index is 0.00734. The first-order chi connectivity index (χ1) is 9.52. The molecule has 0 N–H and O–H groups in total. The van der Waals surface area contributed by atoms with Gasteiger partial charge in [0.25, 0.3) is 0 Å². The Balaban J connectivity index is 2.13. The fourth-order valence-corrected chi connectivity index (χ4v) is 2.31. The molecule has 1 aliphatic rings. The Kier molecular flexibility index (Phi) is 2.82. The van der Waals surface area contributed by atoms with Gasteiger partial charge in [-0.2, -0.15) is 4.39 Å². The molecular formula is C16H12F2O2. The number of Topliss-reactive ketones (excluding diaryl/α,β-unsaturated/α-hetero) is 1. The number of ketones is 1. The summed E-state index contributed by atoms with van der Waals surface area (Å²) in [6, 6.07) is 12.3. The van der Waals surface area contributed by atoms with Gasteiger partial charge < -0.3 is 4.74 Å². The number of carbonyl (C=O) groups excluding carboxylic acids is 1. The molecule has 3 rings (SSSR count). The molecule has 1 heterocycles. The van der Waals surface area contributed by atoms with Crippen molar-refractivity contribution in [2.75, 3.05) is 0 Å². The van der Waals surface area contributed by atoms with Crippen molar-refractivity contribution in [2.45, 2.75) is 19.0 Å². The maximum absolute atomic E-state index is 14.9. The number of rotatable bonds is 1. The maximum Gasteiger partial charge on any atom is 0.312 e. The molecule has 1 aliphatic heterocycles. The highest BCUT2D eigenvalue weighted by Crippen LogP contribution is 2.42. The second-order valence-electron chi connectivity index (χ2n) is 4.84. The Hall–Kier alpha value is -2.23. The molecular weight excluding hydrogens is 262 g/mol. The van der Waals surface area contributed by atoms with Gasteiger partial charge in [0.15, 0.2) is 0 Å². The van der Waals surface area contributed by atoms with Crippen LogP contribution in [0.1, 0.15) is 21.5 Å². The van der Waals surface area contributed by atoms with Gasteiger partial charge in [-0.3, -0.25) is 4.79 Å². The van der Waals surface area contributed by atoms with Crippen LogP contribution in [-0.2, 0) is 5.85 Å². The van der Waals surface area contributed by atoms with E-state index in [0.29, 0.717) is 0 Å². The summed E-state index contributed by atoms with van der Waals surface area (Å²) in [5, 5.41) is 0. The van der Waals surface area contributed by atoms with Gasteiger partial charge in [0.05, 0.1) is 5.56 Å². The number of hydrogen-bond acceptors (Lipinski definition) is 2. The first-order valence-corrected chi connectivity index (χ1v) is 6.25. The summed E-state index contributed by atoms with van der Waals surface area (Å²) >= 11 is 0. The number of alkyl halides is 2. The van der Waals surface area contributed by atoms with Crippen LogP contribution < -0.4 is 4.74 Å². The summed E-state index contributed by atoms with van der Waals surface area (Å²) < 4.78 is 34.4.